The highest BCUT2D eigenvalue weighted by molar-refractivity contribution is 5.82. The van der Waals surface area contributed by atoms with Crippen LogP contribution >= 0.6 is 0 Å². The van der Waals surface area contributed by atoms with Crippen LogP contribution < -0.4 is 5.73 Å². The number of hydrogen-bond donors (Lipinski definition) is 2. The van der Waals surface area contributed by atoms with Crippen molar-refractivity contribution < 1.29 is 14.6 Å². The SMILES string of the molecule is NC[C@@](O)(C(=O)OCC1c2ccccc2-c2ccccc21)c1ccccc1. The van der Waals surface area contributed by atoms with Crippen LogP contribution in [0.1, 0.15) is 22.6 Å². The molecular formula is C23H21NO3. The number of carbonyl (C=O) groups excluding carboxylic acids is 1. The lowest BCUT2D eigenvalue weighted by atomic mass is 9.93. The molecule has 1 aliphatic carbocycles. The number of benzene rings is 3. The van der Waals surface area contributed by atoms with E-state index in [4.69, 9.17) is 10.5 Å². The standard InChI is InChI=1S/C23H21NO3/c24-15-23(26,16-8-2-1-3-9-16)22(25)27-14-21-19-12-6-4-10-17(19)18-11-5-7-13-20(18)21/h1-13,21,26H,14-15,24H2/t23-/m0/s1. The van der Waals surface area contributed by atoms with Gasteiger partial charge in [-0.15, -0.1) is 0 Å². The van der Waals surface area contributed by atoms with Gasteiger partial charge in [0.05, 0.1) is 0 Å². The third-order valence-electron chi connectivity index (χ3n) is 5.23. The molecule has 0 aromatic heterocycles. The van der Waals surface area contributed by atoms with Crippen LogP contribution in [-0.2, 0) is 15.1 Å². The molecule has 0 heterocycles. The van der Waals surface area contributed by atoms with Gasteiger partial charge in [0.15, 0.2) is 5.60 Å². The van der Waals surface area contributed by atoms with Crippen molar-refractivity contribution in [2.24, 2.45) is 5.73 Å². The molecule has 3 aromatic carbocycles. The summed E-state index contributed by atoms with van der Waals surface area (Å²) in [5.41, 5.74) is 8.88. The van der Waals surface area contributed by atoms with E-state index in [-0.39, 0.29) is 19.1 Å². The summed E-state index contributed by atoms with van der Waals surface area (Å²) in [6, 6.07) is 24.9. The van der Waals surface area contributed by atoms with Gasteiger partial charge in [-0.25, -0.2) is 4.79 Å². The zero-order chi connectivity index (χ0) is 18.9. The normalized spacial score (nSPS) is 14.9. The topological polar surface area (TPSA) is 72.5 Å². The number of fused-ring (bicyclic) bond motifs is 3. The lowest BCUT2D eigenvalue weighted by molar-refractivity contribution is -0.166. The molecule has 1 aliphatic rings. The number of nitrogens with two attached hydrogens (primary N) is 1. The highest BCUT2D eigenvalue weighted by Gasteiger charge is 2.39. The van der Waals surface area contributed by atoms with Gasteiger partial charge in [-0.1, -0.05) is 78.9 Å². The predicted molar refractivity (Wildman–Crippen MR) is 104 cm³/mol. The van der Waals surface area contributed by atoms with Gasteiger partial charge >= 0.3 is 5.97 Å². The van der Waals surface area contributed by atoms with Crippen molar-refractivity contribution in [3.63, 3.8) is 0 Å². The number of hydrogen-bond acceptors (Lipinski definition) is 4. The van der Waals surface area contributed by atoms with Gasteiger partial charge in [0.25, 0.3) is 0 Å². The van der Waals surface area contributed by atoms with Crippen molar-refractivity contribution in [2.75, 3.05) is 13.2 Å². The first-order valence-corrected chi connectivity index (χ1v) is 8.98. The molecule has 0 radical (unpaired) electrons. The average molecular weight is 359 g/mol. The van der Waals surface area contributed by atoms with E-state index in [2.05, 4.69) is 24.3 Å². The maximum atomic E-state index is 12.7. The smallest absolute Gasteiger partial charge is 0.344 e. The van der Waals surface area contributed by atoms with Gasteiger partial charge < -0.3 is 15.6 Å². The first kappa shape index (κ1) is 17.5. The lowest BCUT2D eigenvalue weighted by Crippen LogP contribution is -2.44. The molecule has 4 rings (SSSR count). The first-order valence-electron chi connectivity index (χ1n) is 8.98. The number of aliphatic hydroxyl groups is 1. The van der Waals surface area contributed by atoms with Gasteiger partial charge in [0.2, 0.25) is 0 Å². The summed E-state index contributed by atoms with van der Waals surface area (Å²) < 4.78 is 5.58. The van der Waals surface area contributed by atoms with Gasteiger partial charge in [-0.05, 0) is 27.8 Å². The predicted octanol–water partition coefficient (Wildman–Crippen LogP) is 3.19. The van der Waals surface area contributed by atoms with Crippen molar-refractivity contribution in [3.05, 3.63) is 95.6 Å². The lowest BCUT2D eigenvalue weighted by Gasteiger charge is -2.26. The summed E-state index contributed by atoms with van der Waals surface area (Å²) in [4.78, 5) is 12.7. The number of esters is 1. The minimum atomic E-state index is -1.85. The van der Waals surface area contributed by atoms with Gasteiger partial charge in [0.1, 0.15) is 6.61 Å². The van der Waals surface area contributed by atoms with E-state index in [9.17, 15) is 9.90 Å². The third kappa shape index (κ3) is 2.93. The summed E-state index contributed by atoms with van der Waals surface area (Å²) in [5.74, 6) is -0.780. The van der Waals surface area contributed by atoms with Crippen molar-refractivity contribution in [1.82, 2.24) is 0 Å². The summed E-state index contributed by atoms with van der Waals surface area (Å²) >= 11 is 0. The van der Waals surface area contributed by atoms with E-state index in [0.29, 0.717) is 5.56 Å². The van der Waals surface area contributed by atoms with Crippen molar-refractivity contribution in [1.29, 1.82) is 0 Å². The van der Waals surface area contributed by atoms with E-state index >= 15 is 0 Å². The third-order valence-corrected chi connectivity index (χ3v) is 5.23. The fraction of sp³-hybridized carbons (Fsp3) is 0.174. The molecule has 3 aromatic rings. The summed E-state index contributed by atoms with van der Waals surface area (Å²) in [6.07, 6.45) is 0. The highest BCUT2D eigenvalue weighted by Crippen LogP contribution is 2.44. The van der Waals surface area contributed by atoms with Gasteiger partial charge in [0, 0.05) is 12.5 Å². The second-order valence-electron chi connectivity index (χ2n) is 6.76. The first-order chi connectivity index (χ1) is 13.1. The molecule has 0 spiro atoms. The molecule has 0 amide bonds. The molecule has 136 valence electrons. The zero-order valence-electron chi connectivity index (χ0n) is 14.8. The second kappa shape index (κ2) is 6.99. The van der Waals surface area contributed by atoms with Crippen LogP contribution in [0.15, 0.2) is 78.9 Å². The van der Waals surface area contributed by atoms with Crippen LogP contribution in [0.25, 0.3) is 11.1 Å². The minimum Gasteiger partial charge on any atom is -0.462 e. The molecule has 27 heavy (non-hydrogen) atoms. The Hall–Kier alpha value is -2.95. The number of rotatable bonds is 5. The van der Waals surface area contributed by atoms with E-state index in [1.54, 1.807) is 24.3 Å². The fourth-order valence-electron chi connectivity index (χ4n) is 3.75. The second-order valence-corrected chi connectivity index (χ2v) is 6.76. The Morgan fingerprint density at radius 2 is 1.41 bits per heavy atom. The van der Waals surface area contributed by atoms with Crippen molar-refractivity contribution in [3.8, 4) is 11.1 Å². The Morgan fingerprint density at radius 3 is 1.96 bits per heavy atom. The molecule has 0 aliphatic heterocycles. The van der Waals surface area contributed by atoms with Crippen molar-refractivity contribution >= 4 is 5.97 Å². The van der Waals surface area contributed by atoms with Crippen LogP contribution in [0.2, 0.25) is 0 Å². The van der Waals surface area contributed by atoms with Gasteiger partial charge in [-0.2, -0.15) is 0 Å². The Kier molecular flexibility index (Phi) is 4.52. The van der Waals surface area contributed by atoms with E-state index in [0.717, 1.165) is 22.3 Å². The van der Waals surface area contributed by atoms with Gasteiger partial charge in [-0.3, -0.25) is 0 Å². The fourth-order valence-corrected chi connectivity index (χ4v) is 3.75. The Bertz CT molecular complexity index is 925. The molecule has 4 nitrogen and oxygen atoms in total. The Morgan fingerprint density at radius 1 is 0.889 bits per heavy atom. The molecule has 0 saturated heterocycles. The van der Waals surface area contributed by atoms with E-state index in [1.165, 1.54) is 0 Å². The maximum Gasteiger partial charge on any atom is 0.344 e. The van der Waals surface area contributed by atoms with Crippen LogP contribution in [0.5, 0.6) is 0 Å². The van der Waals surface area contributed by atoms with E-state index < -0.39 is 11.6 Å². The van der Waals surface area contributed by atoms with Crippen LogP contribution in [0, 0.1) is 0 Å². The summed E-state index contributed by atoms with van der Waals surface area (Å²) in [5, 5.41) is 10.8. The molecule has 0 unspecified atom stereocenters. The zero-order valence-corrected chi connectivity index (χ0v) is 14.8. The highest BCUT2D eigenvalue weighted by atomic mass is 16.5. The molecule has 0 saturated carbocycles. The Labute approximate surface area is 158 Å². The summed E-state index contributed by atoms with van der Waals surface area (Å²) in [7, 11) is 0. The molecule has 0 fully saturated rings. The average Bonchev–Trinajstić information content (AvgIpc) is 3.06. The largest absolute Gasteiger partial charge is 0.462 e. The maximum absolute atomic E-state index is 12.7. The monoisotopic (exact) mass is 359 g/mol. The number of carbonyl (C=O) groups is 1. The van der Waals surface area contributed by atoms with Crippen LogP contribution in [0.3, 0.4) is 0 Å². The molecule has 4 heteroatoms. The number of ether oxygens (including phenoxy) is 1. The minimum absolute atomic E-state index is 0.0563. The molecule has 3 N–H and O–H groups in total. The van der Waals surface area contributed by atoms with Crippen molar-refractivity contribution in [2.45, 2.75) is 11.5 Å². The van der Waals surface area contributed by atoms with E-state index in [1.807, 2.05) is 30.3 Å². The molecule has 0 bridgehead atoms. The molecular weight excluding hydrogens is 338 g/mol. The van der Waals surface area contributed by atoms with Crippen LogP contribution in [-0.4, -0.2) is 24.2 Å². The Balaban J connectivity index is 1.59. The molecule has 1 atom stereocenters. The van der Waals surface area contributed by atoms with Crippen LogP contribution in [0.4, 0.5) is 0 Å². The summed E-state index contributed by atoms with van der Waals surface area (Å²) in [6.45, 7) is -0.0876. The quantitative estimate of drug-likeness (QED) is 0.686.